The maximum atomic E-state index is 12.7. The first-order valence-electron chi connectivity index (χ1n) is 9.71. The van der Waals surface area contributed by atoms with E-state index in [9.17, 15) is 13.2 Å². The Bertz CT molecular complexity index is 1120. The predicted octanol–water partition coefficient (Wildman–Crippen LogP) is 4.71. The van der Waals surface area contributed by atoms with Crippen LogP contribution in [0.2, 0.25) is 0 Å². The van der Waals surface area contributed by atoms with Crippen LogP contribution in [0.25, 0.3) is 0 Å². The third-order valence-electron chi connectivity index (χ3n) is 4.70. The van der Waals surface area contributed by atoms with Crippen molar-refractivity contribution >= 4 is 21.6 Å². The summed E-state index contributed by atoms with van der Waals surface area (Å²) in [7, 11) is -3.76. The molecule has 0 aliphatic rings. The molecule has 0 spiro atoms. The van der Waals surface area contributed by atoms with E-state index in [4.69, 9.17) is 0 Å². The maximum Gasteiger partial charge on any atom is 0.261 e. The van der Waals surface area contributed by atoms with E-state index in [0.29, 0.717) is 17.8 Å². The monoisotopic (exact) mass is 422 g/mol. The van der Waals surface area contributed by atoms with Crippen molar-refractivity contribution in [2.75, 3.05) is 4.72 Å². The lowest BCUT2D eigenvalue weighted by molar-refractivity contribution is 0.0951. The van der Waals surface area contributed by atoms with E-state index in [-0.39, 0.29) is 16.2 Å². The van der Waals surface area contributed by atoms with Gasteiger partial charge in [0, 0.05) is 17.8 Å². The molecule has 1 amide bonds. The Balaban J connectivity index is 1.71. The second-order valence-electron chi connectivity index (χ2n) is 8.13. The summed E-state index contributed by atoms with van der Waals surface area (Å²) in [5.74, 6) is -0.269. The zero-order valence-electron chi connectivity index (χ0n) is 17.3. The highest BCUT2D eigenvalue weighted by Gasteiger charge is 2.18. The lowest BCUT2D eigenvalue weighted by Gasteiger charge is -2.19. The van der Waals surface area contributed by atoms with Crippen LogP contribution in [0.1, 0.15) is 42.3 Å². The molecule has 0 radical (unpaired) electrons. The molecule has 0 heterocycles. The van der Waals surface area contributed by atoms with Crippen LogP contribution in [0.15, 0.2) is 83.8 Å². The van der Waals surface area contributed by atoms with Gasteiger partial charge in [0.2, 0.25) is 0 Å². The number of benzene rings is 3. The molecule has 0 saturated carbocycles. The Morgan fingerprint density at radius 1 is 0.867 bits per heavy atom. The van der Waals surface area contributed by atoms with Crippen LogP contribution in [-0.4, -0.2) is 14.3 Å². The molecule has 30 heavy (non-hydrogen) atoms. The SMILES string of the molecule is CC(C)(C)c1ccc(S(=O)(=O)Nc2cccc(C(=O)NCc3ccccc3)c2)cc1. The molecule has 0 bridgehead atoms. The summed E-state index contributed by atoms with van der Waals surface area (Å²) in [5, 5.41) is 2.84. The largest absolute Gasteiger partial charge is 0.348 e. The van der Waals surface area contributed by atoms with E-state index in [0.717, 1.165) is 11.1 Å². The van der Waals surface area contributed by atoms with E-state index in [1.165, 1.54) is 6.07 Å². The van der Waals surface area contributed by atoms with Gasteiger partial charge in [0.05, 0.1) is 4.90 Å². The maximum absolute atomic E-state index is 12.7. The Morgan fingerprint density at radius 3 is 2.17 bits per heavy atom. The highest BCUT2D eigenvalue weighted by atomic mass is 32.2. The van der Waals surface area contributed by atoms with Crippen LogP contribution < -0.4 is 10.0 Å². The van der Waals surface area contributed by atoms with Gasteiger partial charge in [0.15, 0.2) is 0 Å². The summed E-state index contributed by atoms with van der Waals surface area (Å²) in [5.41, 5.74) is 2.70. The Morgan fingerprint density at radius 2 is 1.53 bits per heavy atom. The third kappa shape index (κ3) is 5.48. The number of hydrogen-bond acceptors (Lipinski definition) is 3. The number of nitrogens with one attached hydrogen (secondary N) is 2. The Labute approximate surface area is 178 Å². The minimum Gasteiger partial charge on any atom is -0.348 e. The molecule has 2 N–H and O–H groups in total. The summed E-state index contributed by atoms with van der Waals surface area (Å²) < 4.78 is 28.0. The van der Waals surface area contributed by atoms with Gasteiger partial charge in [-0.05, 0) is 46.9 Å². The van der Waals surface area contributed by atoms with Gasteiger partial charge in [-0.25, -0.2) is 8.42 Å². The van der Waals surface area contributed by atoms with Gasteiger partial charge in [-0.3, -0.25) is 9.52 Å². The number of carbonyl (C=O) groups is 1. The number of rotatable bonds is 6. The number of sulfonamides is 1. The molecule has 3 rings (SSSR count). The van der Waals surface area contributed by atoms with Crippen LogP contribution in [0.4, 0.5) is 5.69 Å². The molecule has 156 valence electrons. The van der Waals surface area contributed by atoms with Crippen molar-refractivity contribution in [3.63, 3.8) is 0 Å². The molecule has 0 aliphatic heterocycles. The molecule has 3 aromatic rings. The van der Waals surface area contributed by atoms with Crippen molar-refractivity contribution in [3.05, 3.63) is 95.6 Å². The lowest BCUT2D eigenvalue weighted by atomic mass is 9.87. The first-order valence-corrected chi connectivity index (χ1v) is 11.2. The molecule has 6 heteroatoms. The van der Waals surface area contributed by atoms with Gasteiger partial charge < -0.3 is 5.32 Å². The average molecular weight is 423 g/mol. The lowest BCUT2D eigenvalue weighted by Crippen LogP contribution is -2.23. The molecule has 0 saturated heterocycles. The number of anilines is 1. The van der Waals surface area contributed by atoms with Crippen LogP contribution in [-0.2, 0) is 22.0 Å². The zero-order valence-corrected chi connectivity index (χ0v) is 18.2. The zero-order chi connectivity index (χ0) is 21.8. The first-order chi connectivity index (χ1) is 14.1. The van der Waals surface area contributed by atoms with Crippen molar-refractivity contribution in [3.8, 4) is 0 Å². The predicted molar refractivity (Wildman–Crippen MR) is 120 cm³/mol. The second-order valence-corrected chi connectivity index (χ2v) is 9.81. The van der Waals surface area contributed by atoms with Crippen molar-refractivity contribution < 1.29 is 13.2 Å². The normalized spacial score (nSPS) is 11.7. The molecule has 0 aliphatic carbocycles. The molecule has 3 aromatic carbocycles. The van der Waals surface area contributed by atoms with Crippen molar-refractivity contribution in [1.82, 2.24) is 5.32 Å². The van der Waals surface area contributed by atoms with Gasteiger partial charge in [-0.15, -0.1) is 0 Å². The summed E-state index contributed by atoms with van der Waals surface area (Å²) in [6, 6.07) is 22.9. The number of carbonyl (C=O) groups excluding carboxylic acids is 1. The minimum absolute atomic E-state index is 0.0584. The molecule has 0 aromatic heterocycles. The van der Waals surface area contributed by atoms with Crippen molar-refractivity contribution in [1.29, 1.82) is 0 Å². The Hall–Kier alpha value is -3.12. The second kappa shape index (κ2) is 8.71. The van der Waals surface area contributed by atoms with Gasteiger partial charge in [-0.1, -0.05) is 69.3 Å². The van der Waals surface area contributed by atoms with Crippen molar-refractivity contribution in [2.24, 2.45) is 0 Å². The molecule has 5 nitrogen and oxygen atoms in total. The average Bonchev–Trinajstić information content (AvgIpc) is 2.72. The summed E-state index contributed by atoms with van der Waals surface area (Å²) in [4.78, 5) is 12.6. The van der Waals surface area contributed by atoms with Gasteiger partial charge in [0.1, 0.15) is 0 Å². The van der Waals surface area contributed by atoms with E-state index < -0.39 is 10.0 Å². The molecule has 0 atom stereocenters. The summed E-state index contributed by atoms with van der Waals surface area (Å²) >= 11 is 0. The minimum atomic E-state index is -3.76. The first kappa shape index (κ1) is 21.6. The molecular formula is C24H26N2O3S. The molecular weight excluding hydrogens is 396 g/mol. The Kier molecular flexibility index (Phi) is 6.27. The van der Waals surface area contributed by atoms with E-state index in [2.05, 4.69) is 30.8 Å². The third-order valence-corrected chi connectivity index (χ3v) is 6.10. The molecule has 0 fully saturated rings. The fourth-order valence-corrected chi connectivity index (χ4v) is 4.00. The van der Waals surface area contributed by atoms with Gasteiger partial charge in [0.25, 0.3) is 15.9 Å². The van der Waals surface area contributed by atoms with Crippen LogP contribution in [0, 0.1) is 0 Å². The van der Waals surface area contributed by atoms with Gasteiger partial charge in [-0.2, -0.15) is 0 Å². The summed E-state index contributed by atoms with van der Waals surface area (Å²) in [6.45, 7) is 6.62. The number of hydrogen-bond donors (Lipinski definition) is 2. The van der Waals surface area contributed by atoms with Crippen molar-refractivity contribution in [2.45, 2.75) is 37.6 Å². The van der Waals surface area contributed by atoms with Gasteiger partial charge >= 0.3 is 0 Å². The fraction of sp³-hybridized carbons (Fsp3) is 0.208. The summed E-state index contributed by atoms with van der Waals surface area (Å²) in [6.07, 6.45) is 0. The quantitative estimate of drug-likeness (QED) is 0.604. The number of amides is 1. The smallest absolute Gasteiger partial charge is 0.261 e. The topological polar surface area (TPSA) is 75.3 Å². The molecule has 0 unspecified atom stereocenters. The van der Waals surface area contributed by atoms with Crippen LogP contribution >= 0.6 is 0 Å². The van der Waals surface area contributed by atoms with E-state index in [1.807, 2.05) is 42.5 Å². The van der Waals surface area contributed by atoms with E-state index >= 15 is 0 Å². The fourth-order valence-electron chi connectivity index (χ4n) is 2.95. The standard InChI is InChI=1S/C24H26N2O3S/c1-24(2,3)20-12-14-22(15-13-20)30(28,29)26-21-11-7-10-19(16-21)23(27)25-17-18-8-5-4-6-9-18/h4-16,26H,17H2,1-3H3,(H,25,27). The van der Waals surface area contributed by atoms with Crippen LogP contribution in [0.3, 0.4) is 0 Å². The highest BCUT2D eigenvalue weighted by Crippen LogP contribution is 2.24. The van der Waals surface area contributed by atoms with E-state index in [1.54, 1.807) is 30.3 Å². The highest BCUT2D eigenvalue weighted by molar-refractivity contribution is 7.92. The van der Waals surface area contributed by atoms with Crippen LogP contribution in [0.5, 0.6) is 0 Å².